The molecule has 0 aliphatic carbocycles. The number of rotatable bonds is 5. The fourth-order valence-corrected chi connectivity index (χ4v) is 3.59. The Balaban J connectivity index is 1.32. The number of benzene rings is 1. The van der Waals surface area contributed by atoms with Crippen molar-refractivity contribution in [3.63, 3.8) is 0 Å². The number of aromatic amines is 1. The highest BCUT2D eigenvalue weighted by Crippen LogP contribution is 2.14. The van der Waals surface area contributed by atoms with Crippen molar-refractivity contribution in [3.05, 3.63) is 60.2 Å². The molecule has 1 atom stereocenters. The molecule has 6 heteroatoms. The molecule has 0 spiro atoms. The summed E-state index contributed by atoms with van der Waals surface area (Å²) < 4.78 is 0. The first-order valence-electron chi connectivity index (χ1n) is 9.10. The predicted octanol–water partition coefficient (Wildman–Crippen LogP) is 2.28. The van der Waals surface area contributed by atoms with Gasteiger partial charge in [0, 0.05) is 31.5 Å². The molecule has 1 aliphatic heterocycles. The largest absolute Gasteiger partial charge is 0.352 e. The summed E-state index contributed by atoms with van der Waals surface area (Å²) in [7, 11) is 0. The van der Waals surface area contributed by atoms with Crippen molar-refractivity contribution >= 4 is 16.9 Å². The second-order valence-electron chi connectivity index (χ2n) is 6.88. The first-order chi connectivity index (χ1) is 12.8. The minimum atomic E-state index is 0.0253. The van der Waals surface area contributed by atoms with Gasteiger partial charge in [0.15, 0.2) is 0 Å². The molecule has 2 aromatic heterocycles. The number of hydrogen-bond acceptors (Lipinski definition) is 4. The van der Waals surface area contributed by atoms with Crippen LogP contribution in [0.25, 0.3) is 11.0 Å². The number of nitrogens with zero attached hydrogens (tertiary/aromatic N) is 3. The number of carbonyl (C=O) groups is 1. The lowest BCUT2D eigenvalue weighted by Gasteiger charge is -2.33. The molecule has 0 saturated carbocycles. The predicted molar refractivity (Wildman–Crippen MR) is 100 cm³/mol. The first-order valence-corrected chi connectivity index (χ1v) is 9.10. The average molecular weight is 349 g/mol. The average Bonchev–Trinajstić information content (AvgIpc) is 3.05. The Bertz CT molecular complexity index is 843. The fraction of sp³-hybridized carbons (Fsp3) is 0.350. The summed E-state index contributed by atoms with van der Waals surface area (Å²) in [5.41, 5.74) is 3.08. The molecule has 1 amide bonds. The number of pyridine rings is 1. The molecular weight excluding hydrogens is 326 g/mol. The Labute approximate surface area is 152 Å². The zero-order valence-electron chi connectivity index (χ0n) is 14.7. The van der Waals surface area contributed by atoms with Crippen LogP contribution in [0.1, 0.15) is 24.2 Å². The molecule has 4 rings (SSSR count). The summed E-state index contributed by atoms with van der Waals surface area (Å²) in [6, 6.07) is 12.1. The molecule has 3 heterocycles. The van der Waals surface area contributed by atoms with E-state index in [1.54, 1.807) is 6.20 Å². The van der Waals surface area contributed by atoms with Gasteiger partial charge in [0.25, 0.3) is 0 Å². The molecule has 1 fully saturated rings. The highest BCUT2D eigenvalue weighted by atomic mass is 16.1. The van der Waals surface area contributed by atoms with Gasteiger partial charge in [-0.05, 0) is 43.1 Å². The Morgan fingerprint density at radius 1 is 1.27 bits per heavy atom. The van der Waals surface area contributed by atoms with E-state index in [-0.39, 0.29) is 18.4 Å². The third-order valence-corrected chi connectivity index (χ3v) is 4.77. The molecule has 26 heavy (non-hydrogen) atoms. The van der Waals surface area contributed by atoms with E-state index < -0.39 is 0 Å². The second kappa shape index (κ2) is 7.66. The van der Waals surface area contributed by atoms with Crippen LogP contribution in [0.15, 0.2) is 48.8 Å². The minimum Gasteiger partial charge on any atom is -0.352 e. The van der Waals surface area contributed by atoms with Crippen molar-refractivity contribution in [2.75, 3.05) is 13.1 Å². The Morgan fingerprint density at radius 2 is 2.19 bits per heavy atom. The van der Waals surface area contributed by atoms with E-state index in [1.807, 2.05) is 36.5 Å². The molecule has 6 nitrogen and oxygen atoms in total. The number of likely N-dealkylation sites (tertiary alicyclic amines) is 1. The molecule has 0 radical (unpaired) electrons. The Hall–Kier alpha value is -2.73. The van der Waals surface area contributed by atoms with Crippen molar-refractivity contribution in [3.8, 4) is 0 Å². The number of H-pyrrole nitrogens is 1. The summed E-state index contributed by atoms with van der Waals surface area (Å²) in [5.74, 6) is 0.740. The zero-order chi connectivity index (χ0) is 17.8. The fourth-order valence-electron chi connectivity index (χ4n) is 3.59. The maximum atomic E-state index is 12.4. The van der Waals surface area contributed by atoms with Crippen LogP contribution in [0.3, 0.4) is 0 Å². The van der Waals surface area contributed by atoms with Gasteiger partial charge >= 0.3 is 0 Å². The highest BCUT2D eigenvalue weighted by Gasteiger charge is 2.22. The summed E-state index contributed by atoms with van der Waals surface area (Å²) in [4.78, 5) is 26.7. The third kappa shape index (κ3) is 4.08. The van der Waals surface area contributed by atoms with Gasteiger partial charge in [-0.15, -0.1) is 0 Å². The lowest BCUT2D eigenvalue weighted by molar-refractivity contribution is -0.121. The van der Waals surface area contributed by atoms with Gasteiger partial charge in [-0.3, -0.25) is 14.7 Å². The summed E-state index contributed by atoms with van der Waals surface area (Å²) in [6.45, 7) is 2.81. The minimum absolute atomic E-state index is 0.0253. The van der Waals surface area contributed by atoms with Gasteiger partial charge in [-0.1, -0.05) is 18.2 Å². The van der Waals surface area contributed by atoms with E-state index in [0.29, 0.717) is 5.82 Å². The maximum absolute atomic E-state index is 12.4. The molecule has 3 aromatic rings. The van der Waals surface area contributed by atoms with Crippen LogP contribution < -0.4 is 5.32 Å². The van der Waals surface area contributed by atoms with Gasteiger partial charge in [0.2, 0.25) is 5.91 Å². The number of piperidine rings is 1. The van der Waals surface area contributed by atoms with Crippen LogP contribution in [0.4, 0.5) is 0 Å². The van der Waals surface area contributed by atoms with E-state index in [1.165, 1.54) is 5.56 Å². The van der Waals surface area contributed by atoms with Gasteiger partial charge < -0.3 is 10.3 Å². The number of imidazole rings is 1. The quantitative estimate of drug-likeness (QED) is 0.741. The maximum Gasteiger partial charge on any atom is 0.227 e. The SMILES string of the molecule is O=C(Cc1nc2ccccc2[nH]1)N[C@H]1CCCN(Cc2cccnc2)C1. The summed E-state index contributed by atoms with van der Waals surface area (Å²) >= 11 is 0. The van der Waals surface area contributed by atoms with Crippen LogP contribution in [0, 0.1) is 0 Å². The van der Waals surface area contributed by atoms with E-state index in [9.17, 15) is 4.79 Å². The van der Waals surface area contributed by atoms with Crippen molar-refractivity contribution in [2.24, 2.45) is 0 Å². The summed E-state index contributed by atoms with van der Waals surface area (Å²) in [5, 5.41) is 3.17. The van der Waals surface area contributed by atoms with Gasteiger partial charge in [-0.2, -0.15) is 0 Å². The van der Waals surface area contributed by atoms with Gasteiger partial charge in [0.1, 0.15) is 5.82 Å². The van der Waals surface area contributed by atoms with Crippen LogP contribution in [-0.4, -0.2) is 44.9 Å². The number of fused-ring (bicyclic) bond motifs is 1. The van der Waals surface area contributed by atoms with Crippen molar-refractivity contribution < 1.29 is 4.79 Å². The topological polar surface area (TPSA) is 73.9 Å². The zero-order valence-corrected chi connectivity index (χ0v) is 14.7. The number of para-hydroxylation sites is 2. The smallest absolute Gasteiger partial charge is 0.227 e. The number of carbonyl (C=O) groups excluding carboxylic acids is 1. The van der Waals surface area contributed by atoms with E-state index >= 15 is 0 Å². The molecule has 1 aromatic carbocycles. The molecule has 0 bridgehead atoms. The molecule has 1 aliphatic rings. The Kier molecular flexibility index (Phi) is 4.93. The number of nitrogens with one attached hydrogen (secondary N) is 2. The molecule has 134 valence electrons. The van der Waals surface area contributed by atoms with Gasteiger partial charge in [0.05, 0.1) is 17.5 Å². The van der Waals surface area contributed by atoms with Crippen LogP contribution in [0.5, 0.6) is 0 Å². The van der Waals surface area contributed by atoms with Crippen molar-refractivity contribution in [1.82, 2.24) is 25.2 Å². The number of hydrogen-bond donors (Lipinski definition) is 2. The monoisotopic (exact) mass is 349 g/mol. The van der Waals surface area contributed by atoms with E-state index in [4.69, 9.17) is 0 Å². The standard InChI is InChI=1S/C20H23N5O/c26-20(11-19-23-17-7-1-2-8-18(17)24-19)22-16-6-4-10-25(14-16)13-15-5-3-9-21-12-15/h1-3,5,7-9,12,16H,4,6,10-11,13-14H2,(H,22,26)(H,23,24)/t16-/m0/s1. The third-order valence-electron chi connectivity index (χ3n) is 4.77. The van der Waals surface area contributed by atoms with Crippen LogP contribution in [0.2, 0.25) is 0 Å². The highest BCUT2D eigenvalue weighted by molar-refractivity contribution is 5.80. The lowest BCUT2D eigenvalue weighted by Crippen LogP contribution is -2.47. The molecule has 1 saturated heterocycles. The second-order valence-corrected chi connectivity index (χ2v) is 6.88. The molecular formula is C20H23N5O. The van der Waals surface area contributed by atoms with E-state index in [2.05, 4.69) is 31.2 Å². The van der Waals surface area contributed by atoms with Gasteiger partial charge in [-0.25, -0.2) is 4.98 Å². The number of amides is 1. The Morgan fingerprint density at radius 3 is 3.04 bits per heavy atom. The van der Waals surface area contributed by atoms with E-state index in [0.717, 1.165) is 43.5 Å². The lowest BCUT2D eigenvalue weighted by atomic mass is 10.0. The first kappa shape index (κ1) is 16.7. The van der Waals surface area contributed by atoms with Crippen LogP contribution in [-0.2, 0) is 17.8 Å². The van der Waals surface area contributed by atoms with Crippen molar-refractivity contribution in [1.29, 1.82) is 0 Å². The molecule has 2 N–H and O–H groups in total. The molecule has 0 unspecified atom stereocenters. The van der Waals surface area contributed by atoms with Crippen molar-refractivity contribution in [2.45, 2.75) is 31.8 Å². The van der Waals surface area contributed by atoms with Crippen LogP contribution >= 0.6 is 0 Å². The summed E-state index contributed by atoms with van der Waals surface area (Å²) in [6.07, 6.45) is 6.10. The number of aromatic nitrogens is 3. The normalized spacial score (nSPS) is 18.1.